The van der Waals surface area contributed by atoms with Gasteiger partial charge in [-0.15, -0.1) is 0 Å². The Balaban J connectivity index is 1.61. The number of benzene rings is 4. The first-order valence-corrected chi connectivity index (χ1v) is 16.6. The predicted molar refractivity (Wildman–Crippen MR) is 186 cm³/mol. The number of ether oxygens (including phenoxy) is 8. The van der Waals surface area contributed by atoms with Crippen molar-refractivity contribution in [2.75, 3.05) is 20.8 Å². The molecule has 0 radical (unpaired) electrons. The first-order chi connectivity index (χ1) is 26.2. The topological polar surface area (TPSA) is 176 Å². The van der Waals surface area contributed by atoms with E-state index in [4.69, 9.17) is 37.9 Å². The van der Waals surface area contributed by atoms with E-state index in [1.165, 1.54) is 48.5 Å². The van der Waals surface area contributed by atoms with Gasteiger partial charge in [0.25, 0.3) is 0 Å². The van der Waals surface area contributed by atoms with Crippen LogP contribution in [0, 0.1) is 0 Å². The molecule has 0 aromatic heterocycles. The number of hydrogen-bond acceptors (Lipinski definition) is 14. The molecule has 1 fully saturated rings. The van der Waals surface area contributed by atoms with Crippen molar-refractivity contribution in [1.82, 2.24) is 0 Å². The first-order valence-electron chi connectivity index (χ1n) is 16.6. The van der Waals surface area contributed by atoms with Gasteiger partial charge in [0, 0.05) is 0 Å². The molecule has 4 aromatic rings. The SMILES string of the molecule is COC(=O)C[C@@H](O[C@@H]1O[C@H](COC(=O)c2ccccc2)[C@@H](OC(=O)c2ccccc2)[C@H](OC(=O)c2ccccc2)[C@H]1OC(=O)c1ccccc1)C(=O)OC. The summed E-state index contributed by atoms with van der Waals surface area (Å²) in [6, 6.07) is 31.4. The van der Waals surface area contributed by atoms with Gasteiger partial charge in [0.15, 0.2) is 30.7 Å². The van der Waals surface area contributed by atoms with Crippen molar-refractivity contribution >= 4 is 35.8 Å². The van der Waals surface area contributed by atoms with Crippen LogP contribution in [0.25, 0.3) is 0 Å². The summed E-state index contributed by atoms with van der Waals surface area (Å²) < 4.78 is 45.3. The fourth-order valence-electron chi connectivity index (χ4n) is 5.35. The van der Waals surface area contributed by atoms with E-state index in [1.807, 2.05) is 0 Å². The number of methoxy groups -OCH3 is 2. The zero-order valence-corrected chi connectivity index (χ0v) is 29.1. The largest absolute Gasteiger partial charge is 0.469 e. The molecule has 1 aliphatic heterocycles. The maximum Gasteiger partial charge on any atom is 0.338 e. The zero-order valence-electron chi connectivity index (χ0n) is 29.1. The summed E-state index contributed by atoms with van der Waals surface area (Å²) >= 11 is 0. The molecule has 1 saturated heterocycles. The summed E-state index contributed by atoms with van der Waals surface area (Å²) in [5.41, 5.74) is 0.434. The molecular formula is C40H36O14. The molecule has 5 rings (SSSR count). The van der Waals surface area contributed by atoms with Crippen LogP contribution in [0.4, 0.5) is 0 Å². The van der Waals surface area contributed by atoms with E-state index in [-0.39, 0.29) is 22.3 Å². The van der Waals surface area contributed by atoms with Crippen LogP contribution in [0.5, 0.6) is 0 Å². The molecule has 0 spiro atoms. The maximum atomic E-state index is 13.7. The van der Waals surface area contributed by atoms with Crippen molar-refractivity contribution in [2.24, 2.45) is 0 Å². The molecule has 0 amide bonds. The van der Waals surface area contributed by atoms with Crippen LogP contribution in [-0.2, 0) is 47.5 Å². The highest BCUT2D eigenvalue weighted by Crippen LogP contribution is 2.33. The van der Waals surface area contributed by atoms with Gasteiger partial charge in [-0.2, -0.15) is 0 Å². The zero-order chi connectivity index (χ0) is 38.5. The summed E-state index contributed by atoms with van der Waals surface area (Å²) in [6.45, 7) is -0.626. The molecule has 14 nitrogen and oxygen atoms in total. The van der Waals surface area contributed by atoms with Gasteiger partial charge in [0.05, 0.1) is 42.9 Å². The van der Waals surface area contributed by atoms with Crippen molar-refractivity contribution in [3.05, 3.63) is 144 Å². The molecule has 1 heterocycles. The molecule has 0 unspecified atom stereocenters. The Morgan fingerprint density at radius 2 is 0.944 bits per heavy atom. The van der Waals surface area contributed by atoms with E-state index < -0.39 is 85.7 Å². The molecule has 54 heavy (non-hydrogen) atoms. The molecule has 0 saturated carbocycles. The van der Waals surface area contributed by atoms with Gasteiger partial charge in [-0.1, -0.05) is 72.8 Å². The Morgan fingerprint density at radius 3 is 1.37 bits per heavy atom. The second-order valence-electron chi connectivity index (χ2n) is 11.6. The lowest BCUT2D eigenvalue weighted by atomic mass is 9.97. The van der Waals surface area contributed by atoms with E-state index in [0.29, 0.717) is 0 Å². The highest BCUT2D eigenvalue weighted by atomic mass is 16.7. The molecule has 6 atom stereocenters. The van der Waals surface area contributed by atoms with Gasteiger partial charge >= 0.3 is 35.8 Å². The van der Waals surface area contributed by atoms with Crippen LogP contribution in [0.2, 0.25) is 0 Å². The van der Waals surface area contributed by atoms with Crippen molar-refractivity contribution < 1.29 is 66.7 Å². The van der Waals surface area contributed by atoms with Gasteiger partial charge in [0.2, 0.25) is 0 Å². The smallest absolute Gasteiger partial charge is 0.338 e. The molecule has 280 valence electrons. The minimum Gasteiger partial charge on any atom is -0.469 e. The molecule has 1 aliphatic rings. The normalized spacial score (nSPS) is 19.6. The Bertz CT molecular complexity index is 1890. The van der Waals surface area contributed by atoms with Crippen molar-refractivity contribution in [3.8, 4) is 0 Å². The van der Waals surface area contributed by atoms with Crippen LogP contribution in [-0.4, -0.2) is 93.5 Å². The highest BCUT2D eigenvalue weighted by molar-refractivity contribution is 5.91. The standard InChI is InChI=1S/C40H36O14/c1-47-31(41)23-29(39(46)48-2)50-40-34(54-38(45)28-21-13-6-14-22-28)33(53-37(44)27-19-11-5-12-20-27)32(52-36(43)26-17-9-4-10-18-26)30(51-40)24-49-35(42)25-15-7-3-8-16-25/h3-22,29-30,32-34,40H,23-24H2,1-2H3/t29-,30-,32-,33+,34-,40-/m1/s1. The monoisotopic (exact) mass is 740 g/mol. The van der Waals surface area contributed by atoms with Crippen LogP contribution in [0.15, 0.2) is 121 Å². The quantitative estimate of drug-likeness (QED) is 0.132. The Hall–Kier alpha value is -6.38. The molecular weight excluding hydrogens is 704 g/mol. The number of esters is 6. The average molecular weight is 741 g/mol. The van der Waals surface area contributed by atoms with E-state index in [0.717, 1.165) is 14.2 Å². The third-order valence-electron chi connectivity index (χ3n) is 8.08. The van der Waals surface area contributed by atoms with Gasteiger partial charge in [-0.05, 0) is 48.5 Å². The lowest BCUT2D eigenvalue weighted by Gasteiger charge is -2.44. The highest BCUT2D eigenvalue weighted by Gasteiger charge is 2.54. The Morgan fingerprint density at radius 1 is 0.537 bits per heavy atom. The average Bonchev–Trinajstić information content (AvgIpc) is 3.22. The number of carbonyl (C=O) groups excluding carboxylic acids is 6. The van der Waals surface area contributed by atoms with E-state index in [1.54, 1.807) is 72.8 Å². The van der Waals surface area contributed by atoms with Gasteiger partial charge in [-0.3, -0.25) is 4.79 Å². The summed E-state index contributed by atoms with van der Waals surface area (Å²) in [6.07, 6.45) is -10.9. The summed E-state index contributed by atoms with van der Waals surface area (Å²) in [7, 11) is 2.15. The third-order valence-corrected chi connectivity index (χ3v) is 8.08. The van der Waals surface area contributed by atoms with Crippen LogP contribution in [0.1, 0.15) is 47.9 Å². The molecule has 0 bridgehead atoms. The number of hydrogen-bond donors (Lipinski definition) is 0. The van der Waals surface area contributed by atoms with Gasteiger partial charge < -0.3 is 37.9 Å². The molecule has 0 aliphatic carbocycles. The van der Waals surface area contributed by atoms with Gasteiger partial charge in [-0.25, -0.2) is 24.0 Å². The second-order valence-corrected chi connectivity index (χ2v) is 11.6. The van der Waals surface area contributed by atoms with Crippen molar-refractivity contribution in [2.45, 2.75) is 43.2 Å². The summed E-state index contributed by atoms with van der Waals surface area (Å²) in [5, 5.41) is 0. The van der Waals surface area contributed by atoms with Crippen LogP contribution < -0.4 is 0 Å². The molecule has 4 aromatic carbocycles. The lowest BCUT2D eigenvalue weighted by molar-refractivity contribution is -0.307. The summed E-state index contributed by atoms with van der Waals surface area (Å²) in [5.74, 6) is -5.44. The molecule has 14 heteroatoms. The first kappa shape index (κ1) is 38.8. The Labute approximate surface area is 309 Å². The van der Waals surface area contributed by atoms with Gasteiger partial charge in [0.1, 0.15) is 12.7 Å². The van der Waals surface area contributed by atoms with Crippen molar-refractivity contribution in [1.29, 1.82) is 0 Å². The van der Waals surface area contributed by atoms with Crippen LogP contribution in [0.3, 0.4) is 0 Å². The van der Waals surface area contributed by atoms with E-state index in [2.05, 4.69) is 0 Å². The number of carbonyl (C=O) groups is 6. The second kappa shape index (κ2) is 18.9. The minimum absolute atomic E-state index is 0.0696. The van der Waals surface area contributed by atoms with Crippen LogP contribution >= 0.6 is 0 Å². The number of rotatable bonds is 14. The fourth-order valence-corrected chi connectivity index (χ4v) is 5.35. The maximum absolute atomic E-state index is 13.7. The summed E-state index contributed by atoms with van der Waals surface area (Å²) in [4.78, 5) is 79.4. The van der Waals surface area contributed by atoms with E-state index in [9.17, 15) is 28.8 Å². The van der Waals surface area contributed by atoms with E-state index >= 15 is 0 Å². The third kappa shape index (κ3) is 10.1. The predicted octanol–water partition coefficient (Wildman–Crippen LogP) is 4.37. The molecule has 0 N–H and O–H groups in total. The fraction of sp³-hybridized carbons (Fsp3) is 0.250. The lowest BCUT2D eigenvalue weighted by Crippen LogP contribution is -2.63. The Kier molecular flexibility index (Phi) is 13.6. The minimum atomic E-state index is -1.84. The van der Waals surface area contributed by atoms with Crippen molar-refractivity contribution in [3.63, 3.8) is 0 Å².